The van der Waals surface area contributed by atoms with Gasteiger partial charge in [0.15, 0.2) is 0 Å². The van der Waals surface area contributed by atoms with Crippen LogP contribution in [0.4, 0.5) is 0 Å². The second-order valence-electron chi connectivity index (χ2n) is 5.21. The molecule has 0 saturated carbocycles. The van der Waals surface area contributed by atoms with Gasteiger partial charge in [0.05, 0.1) is 0 Å². The highest BCUT2D eigenvalue weighted by atomic mass is 32.2. The summed E-state index contributed by atoms with van der Waals surface area (Å²) in [5.41, 5.74) is 0. The Labute approximate surface area is 98.2 Å². The number of rotatable bonds is 2. The summed E-state index contributed by atoms with van der Waals surface area (Å²) in [4.78, 5) is 2.69. The molecule has 2 aliphatic heterocycles. The summed E-state index contributed by atoms with van der Waals surface area (Å²) in [6.07, 6.45) is 2.81. The van der Waals surface area contributed by atoms with Crippen LogP contribution in [0, 0.1) is 5.92 Å². The molecule has 88 valence electrons. The number of hydrogen-bond acceptors (Lipinski definition) is 3. The van der Waals surface area contributed by atoms with Crippen LogP contribution in [0.3, 0.4) is 0 Å². The Balaban J connectivity index is 1.80. The van der Waals surface area contributed by atoms with E-state index in [1.165, 1.54) is 44.0 Å². The highest BCUT2D eigenvalue weighted by Gasteiger charge is 2.25. The Kier molecular flexibility index (Phi) is 4.35. The lowest BCUT2D eigenvalue weighted by Gasteiger charge is -2.39. The molecular formula is C12H24N2S. The molecule has 0 radical (unpaired) electrons. The van der Waals surface area contributed by atoms with Crippen molar-refractivity contribution in [3.05, 3.63) is 0 Å². The lowest BCUT2D eigenvalue weighted by molar-refractivity contribution is 0.115. The molecule has 2 saturated heterocycles. The fourth-order valence-corrected chi connectivity index (χ4v) is 3.59. The lowest BCUT2D eigenvalue weighted by atomic mass is 9.95. The predicted molar refractivity (Wildman–Crippen MR) is 68.5 cm³/mol. The van der Waals surface area contributed by atoms with E-state index in [0.29, 0.717) is 0 Å². The molecule has 15 heavy (non-hydrogen) atoms. The summed E-state index contributed by atoms with van der Waals surface area (Å²) in [5.74, 6) is 3.50. The van der Waals surface area contributed by atoms with Crippen LogP contribution < -0.4 is 5.32 Å². The molecule has 2 aliphatic rings. The Morgan fingerprint density at radius 3 is 2.93 bits per heavy atom. The van der Waals surface area contributed by atoms with Gasteiger partial charge in [0, 0.05) is 43.2 Å². The molecule has 0 aromatic heterocycles. The molecule has 0 aliphatic carbocycles. The predicted octanol–water partition coefficient (Wildman–Crippen LogP) is 1.81. The van der Waals surface area contributed by atoms with E-state index in [-0.39, 0.29) is 0 Å². The van der Waals surface area contributed by atoms with Crippen molar-refractivity contribution in [2.75, 3.05) is 31.1 Å². The first-order valence-corrected chi connectivity index (χ1v) is 7.46. The van der Waals surface area contributed by atoms with Crippen LogP contribution in [-0.4, -0.2) is 48.1 Å². The minimum absolute atomic E-state index is 0.733. The third kappa shape index (κ3) is 3.36. The van der Waals surface area contributed by atoms with Crippen molar-refractivity contribution in [3.8, 4) is 0 Å². The smallest absolute Gasteiger partial charge is 0.0286 e. The Morgan fingerprint density at radius 2 is 2.20 bits per heavy atom. The minimum Gasteiger partial charge on any atom is -0.311 e. The van der Waals surface area contributed by atoms with E-state index in [9.17, 15) is 0 Å². The minimum atomic E-state index is 0.733. The monoisotopic (exact) mass is 228 g/mol. The van der Waals surface area contributed by atoms with Crippen LogP contribution in [0.1, 0.15) is 26.7 Å². The van der Waals surface area contributed by atoms with E-state index < -0.39 is 0 Å². The number of hydrogen-bond donors (Lipinski definition) is 1. The third-order valence-electron chi connectivity index (χ3n) is 3.70. The van der Waals surface area contributed by atoms with Gasteiger partial charge in [-0.2, -0.15) is 11.8 Å². The maximum absolute atomic E-state index is 3.64. The normalized spacial score (nSPS) is 39.2. The van der Waals surface area contributed by atoms with E-state index in [0.717, 1.165) is 18.0 Å². The SMILES string of the molecule is CC1CCC(C)N(CC2CSCCN2)C1. The standard InChI is InChI=1S/C12H24N2S/c1-10-3-4-11(2)14(7-10)8-12-9-15-6-5-13-12/h10-13H,3-9H2,1-2H3. The van der Waals surface area contributed by atoms with Gasteiger partial charge >= 0.3 is 0 Å². The molecule has 2 fully saturated rings. The van der Waals surface area contributed by atoms with Crippen LogP contribution in [0.15, 0.2) is 0 Å². The van der Waals surface area contributed by atoms with Gasteiger partial charge < -0.3 is 5.32 Å². The molecule has 0 spiro atoms. The van der Waals surface area contributed by atoms with Crippen LogP contribution in [0.5, 0.6) is 0 Å². The second kappa shape index (κ2) is 5.55. The summed E-state index contributed by atoms with van der Waals surface area (Å²) in [6, 6.07) is 1.53. The maximum atomic E-state index is 3.64. The highest BCUT2D eigenvalue weighted by Crippen LogP contribution is 2.22. The maximum Gasteiger partial charge on any atom is 0.0286 e. The number of nitrogens with one attached hydrogen (secondary N) is 1. The van der Waals surface area contributed by atoms with Gasteiger partial charge in [-0.15, -0.1) is 0 Å². The molecule has 0 bridgehead atoms. The van der Waals surface area contributed by atoms with Crippen molar-refractivity contribution in [3.63, 3.8) is 0 Å². The zero-order valence-corrected chi connectivity index (χ0v) is 10.9. The summed E-state index contributed by atoms with van der Waals surface area (Å²) in [7, 11) is 0. The molecule has 2 nitrogen and oxygen atoms in total. The van der Waals surface area contributed by atoms with Gasteiger partial charge in [0.2, 0.25) is 0 Å². The molecule has 0 amide bonds. The number of piperidine rings is 1. The molecule has 3 unspecified atom stereocenters. The van der Waals surface area contributed by atoms with E-state index in [4.69, 9.17) is 0 Å². The fraction of sp³-hybridized carbons (Fsp3) is 1.00. The zero-order chi connectivity index (χ0) is 10.7. The van der Waals surface area contributed by atoms with E-state index in [1.54, 1.807) is 0 Å². The van der Waals surface area contributed by atoms with Crippen molar-refractivity contribution in [2.45, 2.75) is 38.8 Å². The Morgan fingerprint density at radius 1 is 1.33 bits per heavy atom. The quantitative estimate of drug-likeness (QED) is 0.776. The van der Waals surface area contributed by atoms with Crippen molar-refractivity contribution in [1.82, 2.24) is 10.2 Å². The molecule has 1 N–H and O–H groups in total. The van der Waals surface area contributed by atoms with Gasteiger partial charge in [-0.25, -0.2) is 0 Å². The average Bonchev–Trinajstić information content (AvgIpc) is 2.25. The molecule has 3 heteroatoms. The van der Waals surface area contributed by atoms with Gasteiger partial charge in [0.1, 0.15) is 0 Å². The summed E-state index contributed by atoms with van der Waals surface area (Å²) >= 11 is 2.10. The van der Waals surface area contributed by atoms with Crippen molar-refractivity contribution < 1.29 is 0 Å². The van der Waals surface area contributed by atoms with Crippen molar-refractivity contribution in [2.24, 2.45) is 5.92 Å². The largest absolute Gasteiger partial charge is 0.311 e. The van der Waals surface area contributed by atoms with Crippen LogP contribution >= 0.6 is 11.8 Å². The van der Waals surface area contributed by atoms with Crippen molar-refractivity contribution >= 4 is 11.8 Å². The molecular weight excluding hydrogens is 204 g/mol. The summed E-state index contributed by atoms with van der Waals surface area (Å²) in [5, 5.41) is 3.64. The van der Waals surface area contributed by atoms with Crippen LogP contribution in [0.2, 0.25) is 0 Å². The van der Waals surface area contributed by atoms with E-state index in [1.807, 2.05) is 0 Å². The second-order valence-corrected chi connectivity index (χ2v) is 6.36. The first-order chi connectivity index (χ1) is 7.25. The number of nitrogens with zero attached hydrogens (tertiary/aromatic N) is 1. The molecule has 2 rings (SSSR count). The number of likely N-dealkylation sites (tertiary alicyclic amines) is 1. The van der Waals surface area contributed by atoms with Crippen molar-refractivity contribution in [1.29, 1.82) is 0 Å². The molecule has 0 aromatic rings. The van der Waals surface area contributed by atoms with Gasteiger partial charge in [-0.3, -0.25) is 4.90 Å². The first-order valence-electron chi connectivity index (χ1n) is 6.31. The van der Waals surface area contributed by atoms with E-state index >= 15 is 0 Å². The molecule has 2 heterocycles. The Hall–Kier alpha value is 0.270. The zero-order valence-electron chi connectivity index (χ0n) is 10.0. The summed E-state index contributed by atoms with van der Waals surface area (Å²) in [6.45, 7) is 8.55. The molecule has 3 atom stereocenters. The van der Waals surface area contributed by atoms with Crippen LogP contribution in [-0.2, 0) is 0 Å². The van der Waals surface area contributed by atoms with Crippen LogP contribution in [0.25, 0.3) is 0 Å². The topological polar surface area (TPSA) is 15.3 Å². The highest BCUT2D eigenvalue weighted by molar-refractivity contribution is 7.99. The van der Waals surface area contributed by atoms with E-state index in [2.05, 4.69) is 35.8 Å². The summed E-state index contributed by atoms with van der Waals surface area (Å²) < 4.78 is 0. The lowest BCUT2D eigenvalue weighted by Crippen LogP contribution is -2.51. The fourth-order valence-electron chi connectivity index (χ4n) is 2.65. The Bertz CT molecular complexity index is 192. The van der Waals surface area contributed by atoms with Gasteiger partial charge in [0.25, 0.3) is 0 Å². The average molecular weight is 228 g/mol. The number of thioether (sulfide) groups is 1. The third-order valence-corrected chi connectivity index (χ3v) is 4.83. The van der Waals surface area contributed by atoms with Gasteiger partial charge in [-0.05, 0) is 25.7 Å². The molecule has 0 aromatic carbocycles. The first kappa shape index (κ1) is 11.7. The van der Waals surface area contributed by atoms with Gasteiger partial charge in [-0.1, -0.05) is 6.92 Å².